The van der Waals surface area contributed by atoms with Gasteiger partial charge in [-0.15, -0.1) is 0 Å². The zero-order chi connectivity index (χ0) is 37.1. The second kappa shape index (κ2) is 17.7. The van der Waals surface area contributed by atoms with Gasteiger partial charge in [-0.25, -0.2) is 14.4 Å². The summed E-state index contributed by atoms with van der Waals surface area (Å²) in [6.07, 6.45) is 2.58. The maximum absolute atomic E-state index is 13.9. The molecule has 12 heteroatoms. The van der Waals surface area contributed by atoms with Crippen LogP contribution < -0.4 is 14.2 Å². The molecule has 0 N–H and O–H groups in total. The van der Waals surface area contributed by atoms with Crippen molar-refractivity contribution in [1.29, 1.82) is 0 Å². The van der Waals surface area contributed by atoms with Crippen molar-refractivity contribution in [2.24, 2.45) is 5.41 Å². The number of hydrogen-bond donors (Lipinski definition) is 0. The Morgan fingerprint density at radius 1 is 0.960 bits per heavy atom. The first-order valence-corrected chi connectivity index (χ1v) is 16.6. The van der Waals surface area contributed by atoms with Gasteiger partial charge in [0.15, 0.2) is 18.1 Å². The second-order valence-corrected chi connectivity index (χ2v) is 13.6. The molecule has 0 spiro atoms. The quantitative estimate of drug-likeness (QED) is 0.0971. The summed E-state index contributed by atoms with van der Waals surface area (Å²) < 4.78 is 33.1. The number of rotatable bonds is 16. The van der Waals surface area contributed by atoms with Gasteiger partial charge in [0.1, 0.15) is 30.1 Å². The minimum atomic E-state index is -1.33. The number of hydrogen-bond acceptors (Lipinski definition) is 11. The molecule has 2 aromatic carbocycles. The van der Waals surface area contributed by atoms with Crippen LogP contribution in [0.4, 0.5) is 0 Å². The SMILES string of the molecule is C=CC(=O)OCC(C)(C)C(=O)C(=O)N1CCCC[C@H]1C(=O)O[C@H](CCc1ccc(OC)c(OC)c1)c1cccc(OCC(=O)OC(C)(C)C)c1. The smallest absolute Gasteiger partial charge is 0.344 e. The number of ether oxygens (including phenoxy) is 6. The second-order valence-electron chi connectivity index (χ2n) is 13.6. The van der Waals surface area contributed by atoms with Gasteiger partial charge >= 0.3 is 17.9 Å². The standard InChI is InChI=1S/C38H49NO11/c1-9-32(40)48-24-38(5,6)34(42)35(43)39-20-11-10-15-28(39)36(44)49-29(18-16-25-17-19-30(45-7)31(21-25)46-8)26-13-12-14-27(22-26)47-23-33(41)50-37(2,3)4/h9,12-14,17,19,21-22,28-29H,1,10-11,15-16,18,20,23-24H2,2-8H3/t28-,29+/m0/s1. The van der Waals surface area contributed by atoms with Crippen LogP contribution in [0.1, 0.15) is 77.5 Å². The van der Waals surface area contributed by atoms with Gasteiger partial charge in [-0.2, -0.15) is 0 Å². The molecule has 1 heterocycles. The third-order valence-corrected chi connectivity index (χ3v) is 7.99. The van der Waals surface area contributed by atoms with Crippen LogP contribution in [0.2, 0.25) is 0 Å². The van der Waals surface area contributed by atoms with Gasteiger partial charge in [0, 0.05) is 12.6 Å². The number of benzene rings is 2. The van der Waals surface area contributed by atoms with E-state index in [2.05, 4.69) is 6.58 Å². The van der Waals surface area contributed by atoms with E-state index >= 15 is 0 Å². The molecule has 50 heavy (non-hydrogen) atoms. The number of esters is 3. The number of aryl methyl sites for hydroxylation is 1. The van der Waals surface area contributed by atoms with Crippen molar-refractivity contribution in [2.45, 2.75) is 84.5 Å². The summed E-state index contributed by atoms with van der Waals surface area (Å²) in [6.45, 7) is 11.2. The Morgan fingerprint density at radius 2 is 1.68 bits per heavy atom. The predicted molar refractivity (Wildman–Crippen MR) is 184 cm³/mol. The van der Waals surface area contributed by atoms with Crippen molar-refractivity contribution in [3.05, 3.63) is 66.2 Å². The molecule has 1 saturated heterocycles. The number of methoxy groups -OCH3 is 2. The van der Waals surface area contributed by atoms with Crippen LogP contribution in [-0.2, 0) is 44.6 Å². The van der Waals surface area contributed by atoms with Crippen LogP contribution in [0.25, 0.3) is 0 Å². The Kier molecular flexibility index (Phi) is 14.0. The van der Waals surface area contributed by atoms with Crippen molar-refractivity contribution in [3.63, 3.8) is 0 Å². The van der Waals surface area contributed by atoms with Gasteiger partial charge in [-0.3, -0.25) is 9.59 Å². The van der Waals surface area contributed by atoms with Crippen LogP contribution in [0, 0.1) is 5.41 Å². The Hall–Kier alpha value is -4.87. The van der Waals surface area contributed by atoms with E-state index in [1.165, 1.54) is 18.7 Å². The van der Waals surface area contributed by atoms with Gasteiger partial charge in [-0.1, -0.05) is 24.8 Å². The maximum Gasteiger partial charge on any atom is 0.344 e. The molecule has 0 unspecified atom stereocenters. The van der Waals surface area contributed by atoms with Gasteiger partial charge in [0.25, 0.3) is 5.91 Å². The molecule has 0 radical (unpaired) electrons. The highest BCUT2D eigenvalue weighted by atomic mass is 16.6. The van der Waals surface area contributed by atoms with Crippen molar-refractivity contribution < 1.29 is 52.4 Å². The molecular formula is C38H49NO11. The number of piperidine rings is 1. The van der Waals surface area contributed by atoms with Crippen LogP contribution in [-0.4, -0.2) is 80.1 Å². The first kappa shape index (κ1) is 39.6. The number of Topliss-reactive ketones (excluding diaryl/α,β-unsaturated/α-hetero) is 1. The van der Waals surface area contributed by atoms with Crippen LogP contribution in [0.3, 0.4) is 0 Å². The third-order valence-electron chi connectivity index (χ3n) is 7.99. The molecule has 0 saturated carbocycles. The molecule has 0 aliphatic carbocycles. The first-order valence-electron chi connectivity index (χ1n) is 16.6. The molecule has 3 rings (SSSR count). The molecule has 0 bridgehead atoms. The summed E-state index contributed by atoms with van der Waals surface area (Å²) in [5, 5.41) is 0. The molecule has 1 aliphatic rings. The lowest BCUT2D eigenvalue weighted by molar-refractivity contribution is -0.165. The van der Waals surface area contributed by atoms with E-state index in [4.69, 9.17) is 28.4 Å². The monoisotopic (exact) mass is 695 g/mol. The highest BCUT2D eigenvalue weighted by Crippen LogP contribution is 2.32. The zero-order valence-electron chi connectivity index (χ0n) is 30.1. The van der Waals surface area contributed by atoms with Crippen LogP contribution in [0.5, 0.6) is 17.2 Å². The lowest BCUT2D eigenvalue weighted by atomic mass is 9.87. The lowest BCUT2D eigenvalue weighted by Gasteiger charge is -2.36. The van der Waals surface area contributed by atoms with Gasteiger partial charge in [0.05, 0.1) is 19.6 Å². The summed E-state index contributed by atoms with van der Waals surface area (Å²) in [6, 6.07) is 11.4. The molecule has 2 atom stereocenters. The molecule has 1 fully saturated rings. The third kappa shape index (κ3) is 11.3. The molecule has 1 aliphatic heterocycles. The largest absolute Gasteiger partial charge is 0.493 e. The number of amides is 1. The lowest BCUT2D eigenvalue weighted by Crippen LogP contribution is -2.53. The Morgan fingerprint density at radius 3 is 2.34 bits per heavy atom. The molecule has 272 valence electrons. The maximum atomic E-state index is 13.9. The number of carbonyl (C=O) groups is 5. The molecule has 1 amide bonds. The molecule has 0 aromatic heterocycles. The number of likely N-dealkylation sites (tertiary alicyclic amines) is 1. The average Bonchev–Trinajstić information content (AvgIpc) is 3.09. The Labute approximate surface area is 294 Å². The van der Waals surface area contributed by atoms with Crippen molar-refractivity contribution in [3.8, 4) is 17.2 Å². The minimum absolute atomic E-state index is 0.192. The van der Waals surface area contributed by atoms with Crippen molar-refractivity contribution in [1.82, 2.24) is 4.90 Å². The summed E-state index contributed by atoms with van der Waals surface area (Å²) >= 11 is 0. The van der Waals surface area contributed by atoms with E-state index < -0.39 is 52.8 Å². The van der Waals surface area contributed by atoms with E-state index in [-0.39, 0.29) is 19.8 Å². The summed E-state index contributed by atoms with van der Waals surface area (Å²) in [5.41, 5.74) is -0.488. The fraction of sp³-hybridized carbons (Fsp3) is 0.500. The van der Waals surface area contributed by atoms with Crippen molar-refractivity contribution in [2.75, 3.05) is 34.0 Å². The Balaban J connectivity index is 1.86. The van der Waals surface area contributed by atoms with E-state index in [9.17, 15) is 24.0 Å². The predicted octanol–water partition coefficient (Wildman–Crippen LogP) is 5.35. The minimum Gasteiger partial charge on any atom is -0.493 e. The fourth-order valence-electron chi connectivity index (χ4n) is 5.38. The Bertz CT molecular complexity index is 1540. The zero-order valence-corrected chi connectivity index (χ0v) is 30.1. The number of ketones is 1. The number of nitrogens with zero attached hydrogens (tertiary/aromatic N) is 1. The highest BCUT2D eigenvalue weighted by Gasteiger charge is 2.42. The van der Waals surface area contributed by atoms with Gasteiger partial charge in [-0.05, 0) is 102 Å². The summed E-state index contributed by atoms with van der Waals surface area (Å²) in [4.78, 5) is 65.9. The normalized spacial score (nSPS) is 15.3. The first-order chi connectivity index (χ1) is 23.6. The number of carbonyl (C=O) groups excluding carboxylic acids is 5. The van der Waals surface area contributed by atoms with Crippen LogP contribution in [0.15, 0.2) is 55.1 Å². The van der Waals surface area contributed by atoms with Crippen LogP contribution >= 0.6 is 0 Å². The van der Waals surface area contributed by atoms with E-state index in [1.54, 1.807) is 65.3 Å². The average molecular weight is 696 g/mol. The van der Waals surface area contributed by atoms with Crippen molar-refractivity contribution >= 4 is 29.6 Å². The topological polar surface area (TPSA) is 144 Å². The highest BCUT2D eigenvalue weighted by molar-refractivity contribution is 6.38. The van der Waals surface area contributed by atoms with E-state index in [1.807, 2.05) is 12.1 Å². The molecular weight excluding hydrogens is 646 g/mol. The fourth-order valence-corrected chi connectivity index (χ4v) is 5.38. The molecule has 12 nitrogen and oxygen atoms in total. The summed E-state index contributed by atoms with van der Waals surface area (Å²) in [5.74, 6) is -2.01. The van der Waals surface area contributed by atoms with E-state index in [0.717, 1.165) is 11.6 Å². The van der Waals surface area contributed by atoms with Gasteiger partial charge < -0.3 is 33.3 Å². The molecule has 2 aromatic rings. The van der Waals surface area contributed by atoms with Gasteiger partial charge in [0.2, 0.25) is 5.78 Å². The summed E-state index contributed by atoms with van der Waals surface area (Å²) in [7, 11) is 3.10. The van der Waals surface area contributed by atoms with E-state index in [0.29, 0.717) is 54.9 Å².